The normalized spacial score (nSPS) is 14.3. The molecule has 148 valence electrons. The van der Waals surface area contributed by atoms with Crippen molar-refractivity contribution in [2.24, 2.45) is 0 Å². The van der Waals surface area contributed by atoms with E-state index in [0.29, 0.717) is 25.1 Å². The molecule has 0 N–H and O–H groups in total. The smallest absolute Gasteiger partial charge is 0.416 e. The number of rotatable bonds is 5. The van der Waals surface area contributed by atoms with Crippen LogP contribution >= 0.6 is 0 Å². The Hall–Kier alpha value is -3.03. The molecule has 0 atom stereocenters. The Morgan fingerprint density at radius 3 is 2.57 bits per heavy atom. The lowest BCUT2D eigenvalue weighted by molar-refractivity contribution is -0.137. The van der Waals surface area contributed by atoms with Gasteiger partial charge in [0.2, 0.25) is 5.91 Å². The summed E-state index contributed by atoms with van der Waals surface area (Å²) in [5.74, 6) is -0.376. The van der Waals surface area contributed by atoms with Gasteiger partial charge in [-0.25, -0.2) is 0 Å². The number of hydrogen-bond acceptors (Lipinski definition) is 3. The predicted octanol–water partition coefficient (Wildman–Crippen LogP) is 3.94. The van der Waals surface area contributed by atoms with E-state index >= 15 is 0 Å². The van der Waals surface area contributed by atoms with Crippen molar-refractivity contribution in [1.82, 2.24) is 4.90 Å². The van der Waals surface area contributed by atoms with Crippen molar-refractivity contribution in [1.29, 1.82) is 0 Å². The molecular weight excluding hydrogens is 373 g/mol. The van der Waals surface area contributed by atoms with Crippen LogP contribution in [0.2, 0.25) is 0 Å². The standard InChI is InChI=1S/C20H19F3N2O3/c1-28-17-9-3-2-8-16(17)19(27)25(13-24-11-5-10-18(24)26)15-7-4-6-14(12-15)20(21,22)23/h2-4,6-9,12H,5,10-11,13H2,1H3. The Bertz CT molecular complexity index is 883. The second kappa shape index (κ2) is 7.92. The third-order valence-corrected chi connectivity index (χ3v) is 4.55. The highest BCUT2D eigenvalue weighted by Gasteiger charge is 2.33. The summed E-state index contributed by atoms with van der Waals surface area (Å²) in [5, 5.41) is 0. The van der Waals surface area contributed by atoms with Crippen molar-refractivity contribution in [3.8, 4) is 5.75 Å². The lowest BCUT2D eigenvalue weighted by Crippen LogP contribution is -2.42. The Balaban J connectivity index is 2.02. The third-order valence-electron chi connectivity index (χ3n) is 4.55. The third kappa shape index (κ3) is 4.11. The molecule has 3 rings (SSSR count). The SMILES string of the molecule is COc1ccccc1C(=O)N(CN1CCCC1=O)c1cccc(C(F)(F)F)c1. The van der Waals surface area contributed by atoms with E-state index in [4.69, 9.17) is 4.74 Å². The predicted molar refractivity (Wildman–Crippen MR) is 97.1 cm³/mol. The van der Waals surface area contributed by atoms with Gasteiger partial charge in [-0.2, -0.15) is 13.2 Å². The summed E-state index contributed by atoms with van der Waals surface area (Å²) in [6.45, 7) is 0.324. The van der Waals surface area contributed by atoms with Gasteiger partial charge < -0.3 is 9.64 Å². The second-order valence-electron chi connectivity index (χ2n) is 6.38. The average molecular weight is 392 g/mol. The van der Waals surface area contributed by atoms with Crippen molar-refractivity contribution < 1.29 is 27.5 Å². The number of carbonyl (C=O) groups is 2. The first-order valence-electron chi connectivity index (χ1n) is 8.71. The number of ether oxygens (including phenoxy) is 1. The molecule has 1 fully saturated rings. The monoisotopic (exact) mass is 392 g/mol. The fourth-order valence-corrected chi connectivity index (χ4v) is 3.10. The number of halogens is 3. The van der Waals surface area contributed by atoms with E-state index in [2.05, 4.69) is 0 Å². The van der Waals surface area contributed by atoms with Crippen LogP contribution in [0.3, 0.4) is 0 Å². The largest absolute Gasteiger partial charge is 0.496 e. The topological polar surface area (TPSA) is 49.9 Å². The van der Waals surface area contributed by atoms with Gasteiger partial charge in [0.15, 0.2) is 0 Å². The fourth-order valence-electron chi connectivity index (χ4n) is 3.10. The Morgan fingerprint density at radius 2 is 1.93 bits per heavy atom. The number of amides is 2. The van der Waals surface area contributed by atoms with Gasteiger partial charge in [-0.15, -0.1) is 0 Å². The van der Waals surface area contributed by atoms with Crippen LogP contribution in [0.25, 0.3) is 0 Å². The van der Waals surface area contributed by atoms with Crippen LogP contribution in [0, 0.1) is 0 Å². The average Bonchev–Trinajstić information content (AvgIpc) is 3.09. The summed E-state index contributed by atoms with van der Waals surface area (Å²) in [4.78, 5) is 27.9. The molecule has 1 heterocycles. The van der Waals surface area contributed by atoms with Gasteiger partial charge in [0.05, 0.1) is 18.2 Å². The summed E-state index contributed by atoms with van der Waals surface area (Å²) in [6, 6.07) is 11.0. The zero-order valence-corrected chi connectivity index (χ0v) is 15.2. The first-order valence-corrected chi connectivity index (χ1v) is 8.71. The maximum absolute atomic E-state index is 13.2. The van der Waals surface area contributed by atoms with Gasteiger partial charge in [0, 0.05) is 18.7 Å². The number of para-hydroxylation sites is 1. The fraction of sp³-hybridized carbons (Fsp3) is 0.300. The highest BCUT2D eigenvalue weighted by atomic mass is 19.4. The number of alkyl halides is 3. The minimum absolute atomic E-state index is 0.0606. The van der Waals surface area contributed by atoms with Gasteiger partial charge in [-0.05, 0) is 36.8 Å². The molecule has 0 aliphatic carbocycles. The number of likely N-dealkylation sites (tertiary alicyclic amines) is 1. The van der Waals surface area contributed by atoms with E-state index < -0.39 is 17.6 Å². The van der Waals surface area contributed by atoms with Crippen LogP contribution < -0.4 is 9.64 Å². The maximum atomic E-state index is 13.2. The van der Waals surface area contributed by atoms with Gasteiger partial charge in [0.1, 0.15) is 12.4 Å². The van der Waals surface area contributed by atoms with E-state index in [-0.39, 0.29) is 23.8 Å². The van der Waals surface area contributed by atoms with Crippen molar-refractivity contribution in [2.75, 3.05) is 25.2 Å². The quantitative estimate of drug-likeness (QED) is 0.775. The number of nitrogens with zero attached hydrogens (tertiary/aromatic N) is 2. The number of methoxy groups -OCH3 is 1. The highest BCUT2D eigenvalue weighted by Crippen LogP contribution is 2.33. The van der Waals surface area contributed by atoms with Crippen LogP contribution in [0.4, 0.5) is 18.9 Å². The van der Waals surface area contributed by atoms with Crippen LogP contribution in [0.5, 0.6) is 5.75 Å². The number of carbonyl (C=O) groups excluding carboxylic acids is 2. The molecule has 1 aliphatic rings. The van der Waals surface area contributed by atoms with Crippen molar-refractivity contribution in [3.63, 3.8) is 0 Å². The summed E-state index contributed by atoms with van der Waals surface area (Å²) < 4.78 is 44.7. The molecule has 0 bridgehead atoms. The molecule has 2 aromatic rings. The van der Waals surface area contributed by atoms with Crippen molar-refractivity contribution in [3.05, 3.63) is 59.7 Å². The highest BCUT2D eigenvalue weighted by molar-refractivity contribution is 6.08. The molecule has 28 heavy (non-hydrogen) atoms. The van der Waals surface area contributed by atoms with Crippen molar-refractivity contribution in [2.45, 2.75) is 19.0 Å². The van der Waals surface area contributed by atoms with Gasteiger partial charge in [-0.3, -0.25) is 14.5 Å². The minimum Gasteiger partial charge on any atom is -0.496 e. The van der Waals surface area contributed by atoms with E-state index in [9.17, 15) is 22.8 Å². The van der Waals surface area contributed by atoms with Gasteiger partial charge in [-0.1, -0.05) is 18.2 Å². The summed E-state index contributed by atoms with van der Waals surface area (Å²) in [7, 11) is 1.41. The van der Waals surface area contributed by atoms with E-state index in [1.807, 2.05) is 0 Å². The Labute approximate surface area is 160 Å². The molecule has 2 amide bonds. The molecule has 0 aromatic heterocycles. The Morgan fingerprint density at radius 1 is 1.18 bits per heavy atom. The second-order valence-corrected chi connectivity index (χ2v) is 6.38. The molecule has 5 nitrogen and oxygen atoms in total. The summed E-state index contributed by atoms with van der Waals surface area (Å²) >= 11 is 0. The summed E-state index contributed by atoms with van der Waals surface area (Å²) in [6.07, 6.45) is -3.53. The number of hydrogen-bond donors (Lipinski definition) is 0. The molecule has 0 spiro atoms. The number of anilines is 1. The molecule has 2 aromatic carbocycles. The zero-order valence-electron chi connectivity index (χ0n) is 15.2. The molecule has 1 saturated heterocycles. The molecular formula is C20H19F3N2O3. The lowest BCUT2D eigenvalue weighted by atomic mass is 10.1. The van der Waals surface area contributed by atoms with Crippen molar-refractivity contribution >= 4 is 17.5 Å². The van der Waals surface area contributed by atoms with Crippen LogP contribution in [-0.4, -0.2) is 37.0 Å². The minimum atomic E-state index is -4.54. The van der Waals surface area contributed by atoms with Crippen LogP contribution in [-0.2, 0) is 11.0 Å². The van der Waals surface area contributed by atoms with Gasteiger partial charge in [0.25, 0.3) is 5.91 Å². The maximum Gasteiger partial charge on any atom is 0.416 e. The molecule has 0 unspecified atom stereocenters. The Kier molecular flexibility index (Phi) is 5.58. The molecule has 0 radical (unpaired) electrons. The van der Waals surface area contributed by atoms with Crippen LogP contribution in [0.15, 0.2) is 48.5 Å². The molecule has 0 saturated carbocycles. The first kappa shape index (κ1) is 19.7. The van der Waals surface area contributed by atoms with E-state index in [1.165, 1.54) is 35.1 Å². The van der Waals surface area contributed by atoms with E-state index in [1.54, 1.807) is 18.2 Å². The van der Waals surface area contributed by atoms with E-state index in [0.717, 1.165) is 12.1 Å². The number of benzene rings is 2. The first-order chi connectivity index (χ1) is 13.3. The van der Waals surface area contributed by atoms with Gasteiger partial charge >= 0.3 is 6.18 Å². The lowest BCUT2D eigenvalue weighted by Gasteiger charge is -2.29. The van der Waals surface area contributed by atoms with Crippen LogP contribution in [0.1, 0.15) is 28.8 Å². The molecule has 1 aliphatic heterocycles. The molecule has 8 heteroatoms. The zero-order chi connectivity index (χ0) is 20.3. The summed E-state index contributed by atoms with van der Waals surface area (Å²) in [5.41, 5.74) is -0.602.